The first-order valence-corrected chi connectivity index (χ1v) is 23.5. The largest absolute Gasteiger partial charge is 0.267 e. The van der Waals surface area contributed by atoms with Crippen molar-refractivity contribution in [3.05, 3.63) is 264 Å². The van der Waals surface area contributed by atoms with Crippen LogP contribution in [0.15, 0.2) is 212 Å². The third-order valence-corrected chi connectivity index (χ3v) is 13.0. The van der Waals surface area contributed by atoms with Crippen molar-refractivity contribution in [2.45, 2.75) is 31.5 Å². The summed E-state index contributed by atoms with van der Waals surface area (Å²) in [4.78, 5) is 13.5. The smallest absolute Gasteiger partial charge is 0.256 e. The van der Waals surface area contributed by atoms with E-state index in [1.165, 1.54) is 54.6 Å². The van der Waals surface area contributed by atoms with Gasteiger partial charge in [0.25, 0.3) is 5.69 Å². The van der Waals surface area contributed by atoms with Crippen LogP contribution in [0.25, 0.3) is 78.3 Å². The topological polar surface area (TPSA) is 54.0 Å². The van der Waals surface area contributed by atoms with Crippen LogP contribution in [0.2, 0.25) is 0 Å². The van der Waals surface area contributed by atoms with Crippen LogP contribution in [-0.2, 0) is 25.5 Å². The van der Waals surface area contributed by atoms with Crippen LogP contribution in [0.5, 0.6) is 0 Å². The van der Waals surface area contributed by atoms with E-state index in [0.29, 0.717) is 40.2 Å². The van der Waals surface area contributed by atoms with Crippen molar-refractivity contribution in [1.29, 1.82) is 0 Å². The van der Waals surface area contributed by atoms with Gasteiger partial charge >= 0.3 is 0 Å². The minimum atomic E-state index is -3.13. The molecule has 7 aromatic carbocycles. The normalized spacial score (nSPS) is 15.7. The van der Waals surface area contributed by atoms with Gasteiger partial charge in [-0.2, -0.15) is 0 Å². The van der Waals surface area contributed by atoms with Gasteiger partial charge in [-0.3, -0.25) is 9.97 Å². The number of fused-ring (bicyclic) bond motifs is 6. The molecule has 0 spiro atoms. The van der Waals surface area contributed by atoms with Gasteiger partial charge in [-0.05, 0) is 135 Å². The number of benzene rings is 7. The fourth-order valence-corrected chi connectivity index (χ4v) is 9.48. The minimum absolute atomic E-state index is 0.00107. The summed E-state index contributed by atoms with van der Waals surface area (Å²) >= 11 is 0. The van der Waals surface area contributed by atoms with E-state index in [0.717, 1.165) is 70.5 Å². The lowest BCUT2D eigenvalue weighted by Crippen LogP contribution is -2.17. The molecule has 10 aromatic rings. The third-order valence-electron chi connectivity index (χ3n) is 13.0. The van der Waals surface area contributed by atoms with Crippen LogP contribution in [-0.4, -0.2) is 19.6 Å². The number of hydrogen-bond acceptors (Lipinski definition) is 4. The van der Waals surface area contributed by atoms with E-state index in [2.05, 4.69) is 9.97 Å². The zero-order valence-electron chi connectivity index (χ0n) is 46.8. The molecule has 358 valence electrons. The molecule has 0 N–H and O–H groups in total. The zero-order valence-corrected chi connectivity index (χ0v) is 38.8. The molecule has 10 heteroatoms. The third kappa shape index (κ3) is 9.00. The second-order valence-corrected chi connectivity index (χ2v) is 17.6. The molecule has 2 aliphatic rings. The van der Waals surface area contributed by atoms with Crippen molar-refractivity contribution >= 4 is 5.69 Å². The highest BCUT2D eigenvalue weighted by Gasteiger charge is 2.42. The molecule has 0 saturated heterocycles. The van der Waals surface area contributed by atoms with Crippen LogP contribution in [0.4, 0.5) is 27.6 Å². The van der Waals surface area contributed by atoms with Gasteiger partial charge in [-0.15, -0.1) is 0 Å². The summed E-state index contributed by atoms with van der Waals surface area (Å²) in [6, 6.07) is 43.3. The molecule has 3 aromatic heterocycles. The van der Waals surface area contributed by atoms with Crippen molar-refractivity contribution in [3.8, 4) is 78.3 Å². The van der Waals surface area contributed by atoms with E-state index in [9.17, 15) is 28.5 Å². The maximum atomic E-state index is 16.3. The number of aryl methyl sites for hydroxylation is 4. The Morgan fingerprint density at radius 1 is 0.419 bits per heavy atom. The predicted octanol–water partition coefficient (Wildman–Crippen LogP) is 16.5. The Bertz CT molecular complexity index is 4100. The van der Waals surface area contributed by atoms with Gasteiger partial charge in [0.2, 0.25) is 6.04 Å². The monoisotopic (exact) mass is 984 g/mol. The number of rotatable bonds is 12. The van der Waals surface area contributed by atoms with Crippen LogP contribution >= 0.6 is 0 Å². The molecule has 0 aliphatic carbocycles. The summed E-state index contributed by atoms with van der Waals surface area (Å²) in [5.41, 5.74) is 5.32. The summed E-state index contributed by atoms with van der Waals surface area (Å²) < 4.78 is 152. The Hall–Kier alpha value is -9.02. The van der Waals surface area contributed by atoms with Crippen molar-refractivity contribution in [2.75, 3.05) is 0 Å². The quantitative estimate of drug-likeness (QED) is 0.0905. The standard InChI is InChI=1S/C64H43F5N5/c65-47-20-23-50(56-38-72-63-52-9-5-4-8-51(52)61-28-29-73-74(61)64(63)62(56)45-18-16-44(17-19-45)43-6-2-1-3-7-43)55(33-47)46-31-41(12-10-39-14-26-59(70-36-39)53-24-21-48(66)34-57(53)68)30-42(32-46)13-11-40-15-27-60(71-37-40)54-25-22-49(67)35-58(54)69/h1-9,14-38,61H,10-13H2/q+1/i10D2,11D2,12D2,13D2. The van der Waals surface area contributed by atoms with Gasteiger partial charge in [0.15, 0.2) is 0 Å². The lowest BCUT2D eigenvalue weighted by Gasteiger charge is -2.23. The molecule has 5 heterocycles. The molecule has 0 fully saturated rings. The lowest BCUT2D eigenvalue weighted by atomic mass is 9.84. The van der Waals surface area contributed by atoms with Crippen LogP contribution in [0, 0.1) is 29.1 Å². The number of pyridine rings is 3. The summed E-state index contributed by atoms with van der Waals surface area (Å²) in [6.45, 7) is 0. The molecule has 0 saturated carbocycles. The maximum absolute atomic E-state index is 16.3. The van der Waals surface area contributed by atoms with E-state index in [4.69, 9.17) is 10.1 Å². The second kappa shape index (κ2) is 19.5. The fraction of sp³-hybridized carbons (Fsp3) is 0.0781. The van der Waals surface area contributed by atoms with Gasteiger partial charge in [0.1, 0.15) is 34.8 Å². The Morgan fingerprint density at radius 2 is 0.973 bits per heavy atom. The number of nitrogens with zero attached hydrogens (tertiary/aromatic N) is 5. The Morgan fingerprint density at radius 3 is 1.58 bits per heavy atom. The Labute approximate surface area is 435 Å². The molecule has 2 aliphatic heterocycles. The highest BCUT2D eigenvalue weighted by molar-refractivity contribution is 5.99. The van der Waals surface area contributed by atoms with Gasteiger partial charge < -0.3 is 0 Å². The molecule has 1 unspecified atom stereocenters. The van der Waals surface area contributed by atoms with Crippen LogP contribution in [0.3, 0.4) is 0 Å². The van der Waals surface area contributed by atoms with Crippen molar-refractivity contribution in [1.82, 2.24) is 15.0 Å². The van der Waals surface area contributed by atoms with Gasteiger partial charge in [0.05, 0.1) is 23.2 Å². The fourth-order valence-electron chi connectivity index (χ4n) is 9.48. The van der Waals surface area contributed by atoms with E-state index in [1.807, 2.05) is 89.6 Å². The van der Waals surface area contributed by atoms with Crippen LogP contribution in [0.1, 0.15) is 44.8 Å². The van der Waals surface area contributed by atoms with Gasteiger partial charge in [0, 0.05) is 75.6 Å². The Kier molecular flexibility index (Phi) is 9.96. The van der Waals surface area contributed by atoms with Crippen molar-refractivity contribution < 1.29 is 37.6 Å². The first-order chi connectivity index (χ1) is 39.2. The summed E-state index contributed by atoms with van der Waals surface area (Å²) in [7, 11) is 0. The molecular formula is C64H43F5N5+. The highest BCUT2D eigenvalue weighted by Crippen LogP contribution is 2.53. The zero-order chi connectivity index (χ0) is 57.5. The van der Waals surface area contributed by atoms with E-state index in [-0.39, 0.29) is 50.8 Å². The van der Waals surface area contributed by atoms with E-state index >= 15 is 4.39 Å². The first kappa shape index (κ1) is 37.7. The molecule has 0 amide bonds. The maximum Gasteiger partial charge on any atom is 0.267 e. The number of hydrogen-bond donors (Lipinski definition) is 0. The molecular weight excluding hydrogens is 934 g/mol. The molecule has 74 heavy (non-hydrogen) atoms. The minimum Gasteiger partial charge on any atom is -0.256 e. The summed E-state index contributed by atoms with van der Waals surface area (Å²) in [6.07, 6.45) is -4.95. The lowest BCUT2D eigenvalue weighted by molar-refractivity contribution is -0.536. The number of azo groups is 2. The van der Waals surface area contributed by atoms with Crippen LogP contribution < -0.4 is 0 Å². The number of aromatic nitrogens is 3. The molecule has 1 atom stereocenters. The van der Waals surface area contributed by atoms with Gasteiger partial charge in [-0.1, -0.05) is 120 Å². The predicted molar refractivity (Wildman–Crippen MR) is 280 cm³/mol. The SMILES string of the molecule is [2H]C([2H])(c1ccc(-c2ccc(F)cc2F)nc1)C([2H])([2H])c1cc(-c2cc(F)ccc2-c2cnc3c(c2-c2ccc(-c4ccccc4)cc2)[N+]2=NC=CC2c2ccccc2-3)cc(C([2H])([2H])C([2H])([2H])c2ccc(-c3ccc(F)cc3F)nc2)c1. The Balaban J connectivity index is 1.05. The van der Waals surface area contributed by atoms with E-state index < -0.39 is 65.7 Å². The summed E-state index contributed by atoms with van der Waals surface area (Å²) in [5.74, 6) is -4.26. The molecule has 0 radical (unpaired) electrons. The summed E-state index contributed by atoms with van der Waals surface area (Å²) in [5, 5.41) is 4.83. The number of halogens is 5. The van der Waals surface area contributed by atoms with Gasteiger partial charge in [-0.25, -0.2) is 26.9 Å². The second-order valence-electron chi connectivity index (χ2n) is 17.6. The highest BCUT2D eigenvalue weighted by atomic mass is 19.1. The van der Waals surface area contributed by atoms with E-state index in [1.54, 1.807) is 12.4 Å². The van der Waals surface area contributed by atoms with Crippen molar-refractivity contribution in [2.24, 2.45) is 5.11 Å². The average molecular weight is 985 g/mol. The molecule has 12 rings (SSSR count). The first-order valence-electron chi connectivity index (χ1n) is 27.5. The molecule has 5 nitrogen and oxygen atoms in total. The average Bonchev–Trinajstić information content (AvgIpc) is 4.11. The van der Waals surface area contributed by atoms with Crippen molar-refractivity contribution in [3.63, 3.8) is 0 Å². The molecule has 0 bridgehead atoms.